The van der Waals surface area contributed by atoms with E-state index in [1.807, 2.05) is 12.1 Å². The van der Waals surface area contributed by atoms with Crippen molar-refractivity contribution in [2.75, 3.05) is 11.9 Å². The molecule has 1 aromatic carbocycles. The van der Waals surface area contributed by atoms with Crippen LogP contribution < -0.4 is 10.6 Å². The molecule has 2 nitrogen and oxygen atoms in total. The van der Waals surface area contributed by atoms with E-state index in [4.69, 9.17) is 17.3 Å². The van der Waals surface area contributed by atoms with Crippen molar-refractivity contribution < 1.29 is 0 Å². The van der Waals surface area contributed by atoms with Crippen molar-refractivity contribution in [1.82, 2.24) is 0 Å². The SMILES string of the molecule is CN(Cc1csc(Br)c1)c1cccc(Cl)c1CN. The van der Waals surface area contributed by atoms with Crippen LogP contribution in [0, 0.1) is 0 Å². The molecule has 0 bridgehead atoms. The number of thiophene rings is 1. The normalized spacial score (nSPS) is 10.7. The minimum absolute atomic E-state index is 0.451. The van der Waals surface area contributed by atoms with Crippen molar-refractivity contribution in [3.63, 3.8) is 0 Å². The van der Waals surface area contributed by atoms with Crippen LogP contribution in [0.4, 0.5) is 5.69 Å². The highest BCUT2D eigenvalue weighted by molar-refractivity contribution is 9.11. The molecule has 18 heavy (non-hydrogen) atoms. The lowest BCUT2D eigenvalue weighted by Gasteiger charge is -2.22. The molecule has 0 unspecified atom stereocenters. The molecular weight excluding hydrogens is 332 g/mol. The maximum Gasteiger partial charge on any atom is 0.0701 e. The smallest absolute Gasteiger partial charge is 0.0701 e. The second-order valence-corrected chi connectivity index (χ2v) is 6.75. The lowest BCUT2D eigenvalue weighted by molar-refractivity contribution is 0.907. The van der Waals surface area contributed by atoms with Crippen molar-refractivity contribution in [3.05, 3.63) is 49.6 Å². The summed E-state index contributed by atoms with van der Waals surface area (Å²) < 4.78 is 1.15. The number of nitrogens with two attached hydrogens (primary N) is 1. The molecule has 5 heteroatoms. The van der Waals surface area contributed by atoms with Gasteiger partial charge < -0.3 is 10.6 Å². The highest BCUT2D eigenvalue weighted by atomic mass is 79.9. The van der Waals surface area contributed by atoms with Crippen molar-refractivity contribution >= 4 is 44.6 Å². The van der Waals surface area contributed by atoms with E-state index in [0.717, 1.165) is 26.6 Å². The second-order valence-electron chi connectivity index (χ2n) is 4.06. The lowest BCUT2D eigenvalue weighted by atomic mass is 10.1. The zero-order chi connectivity index (χ0) is 13.1. The van der Waals surface area contributed by atoms with Gasteiger partial charge in [-0.15, -0.1) is 11.3 Å². The van der Waals surface area contributed by atoms with Crippen LogP contribution in [0.3, 0.4) is 0 Å². The van der Waals surface area contributed by atoms with Crippen molar-refractivity contribution in [3.8, 4) is 0 Å². The molecule has 2 aromatic rings. The Bertz CT molecular complexity index is 542. The Morgan fingerprint density at radius 2 is 2.22 bits per heavy atom. The number of hydrogen-bond acceptors (Lipinski definition) is 3. The van der Waals surface area contributed by atoms with Gasteiger partial charge in [-0.1, -0.05) is 17.7 Å². The first-order valence-corrected chi connectivity index (χ1v) is 7.58. The van der Waals surface area contributed by atoms with Crippen LogP contribution in [0.15, 0.2) is 33.4 Å². The number of hydrogen-bond donors (Lipinski definition) is 1. The summed E-state index contributed by atoms with van der Waals surface area (Å²) in [6.45, 7) is 1.29. The van der Waals surface area contributed by atoms with E-state index in [1.165, 1.54) is 5.56 Å². The third-order valence-corrected chi connectivity index (χ3v) is 4.66. The van der Waals surface area contributed by atoms with Crippen molar-refractivity contribution in [1.29, 1.82) is 0 Å². The first-order valence-electron chi connectivity index (χ1n) is 5.53. The highest BCUT2D eigenvalue weighted by Crippen LogP contribution is 2.28. The van der Waals surface area contributed by atoms with E-state index < -0.39 is 0 Å². The standard InChI is InChI=1S/C13H14BrClN2S/c1-17(7-9-5-13(14)18-8-9)12-4-2-3-11(15)10(12)6-16/h2-5,8H,6-7,16H2,1H3. The summed E-state index contributed by atoms with van der Waals surface area (Å²) in [7, 11) is 2.05. The van der Waals surface area contributed by atoms with Crippen LogP contribution in [0.2, 0.25) is 5.02 Å². The summed E-state index contributed by atoms with van der Waals surface area (Å²) >= 11 is 11.3. The van der Waals surface area contributed by atoms with Gasteiger partial charge in [0.25, 0.3) is 0 Å². The van der Waals surface area contributed by atoms with E-state index >= 15 is 0 Å². The molecule has 2 N–H and O–H groups in total. The third kappa shape index (κ3) is 3.06. The Morgan fingerprint density at radius 3 is 2.83 bits per heavy atom. The van der Waals surface area contributed by atoms with Crippen molar-refractivity contribution in [2.24, 2.45) is 5.73 Å². The predicted octanol–water partition coefficient (Wildman–Crippen LogP) is 4.26. The summed E-state index contributed by atoms with van der Waals surface area (Å²) in [5, 5.41) is 2.88. The molecule has 0 aliphatic rings. The molecule has 0 radical (unpaired) electrons. The van der Waals surface area contributed by atoms with Crippen LogP contribution in [-0.2, 0) is 13.1 Å². The van der Waals surface area contributed by atoms with Crippen molar-refractivity contribution in [2.45, 2.75) is 13.1 Å². The predicted molar refractivity (Wildman–Crippen MR) is 83.5 cm³/mol. The Kier molecular flexibility index (Phi) is 4.67. The van der Waals surface area contributed by atoms with E-state index in [9.17, 15) is 0 Å². The molecule has 0 fully saturated rings. The van der Waals surface area contributed by atoms with Gasteiger partial charge in [0.15, 0.2) is 0 Å². The second kappa shape index (κ2) is 6.06. The lowest BCUT2D eigenvalue weighted by Crippen LogP contribution is -2.18. The number of nitrogens with zero attached hydrogens (tertiary/aromatic N) is 1. The Hall–Kier alpha value is -0.550. The molecule has 0 aliphatic carbocycles. The molecule has 96 valence electrons. The fourth-order valence-electron chi connectivity index (χ4n) is 1.89. The average Bonchev–Trinajstić information content (AvgIpc) is 2.74. The van der Waals surface area contributed by atoms with Crippen LogP contribution in [0.25, 0.3) is 0 Å². The Balaban J connectivity index is 2.23. The van der Waals surface area contributed by atoms with Gasteiger partial charge in [-0.2, -0.15) is 0 Å². The molecule has 2 rings (SSSR count). The van der Waals surface area contributed by atoms with Gasteiger partial charge in [0.2, 0.25) is 0 Å². The number of halogens is 2. The number of rotatable bonds is 4. The molecular formula is C13H14BrClN2S. The molecule has 0 saturated carbocycles. The molecule has 1 aromatic heterocycles. The molecule has 0 spiro atoms. The zero-order valence-corrected chi connectivity index (χ0v) is 13.1. The summed E-state index contributed by atoms with van der Waals surface area (Å²) in [4.78, 5) is 2.17. The third-order valence-electron chi connectivity index (χ3n) is 2.75. The monoisotopic (exact) mass is 344 g/mol. The Morgan fingerprint density at radius 1 is 1.44 bits per heavy atom. The summed E-state index contributed by atoms with van der Waals surface area (Å²) in [5.74, 6) is 0. The number of anilines is 1. The van der Waals surface area contributed by atoms with E-state index in [0.29, 0.717) is 6.54 Å². The molecule has 0 aliphatic heterocycles. The van der Waals surface area contributed by atoms with Gasteiger partial charge in [0.1, 0.15) is 0 Å². The zero-order valence-electron chi connectivity index (χ0n) is 9.99. The van der Waals surface area contributed by atoms with Crippen LogP contribution in [0.1, 0.15) is 11.1 Å². The van der Waals surface area contributed by atoms with Gasteiger partial charge in [0, 0.05) is 36.4 Å². The average molecular weight is 346 g/mol. The molecule has 0 saturated heterocycles. The largest absolute Gasteiger partial charge is 0.370 e. The van der Waals surface area contributed by atoms with Gasteiger partial charge in [-0.3, -0.25) is 0 Å². The van der Waals surface area contributed by atoms with E-state index in [1.54, 1.807) is 11.3 Å². The fraction of sp³-hybridized carbons (Fsp3) is 0.231. The van der Waals surface area contributed by atoms with Crippen LogP contribution >= 0.6 is 38.9 Å². The molecule has 1 heterocycles. The topological polar surface area (TPSA) is 29.3 Å². The maximum atomic E-state index is 6.17. The van der Waals surface area contributed by atoms with Gasteiger partial charge in [-0.05, 0) is 45.1 Å². The van der Waals surface area contributed by atoms with Gasteiger partial charge in [0.05, 0.1) is 3.79 Å². The van der Waals surface area contributed by atoms with Gasteiger partial charge in [-0.25, -0.2) is 0 Å². The van der Waals surface area contributed by atoms with Crippen LogP contribution in [-0.4, -0.2) is 7.05 Å². The fourth-order valence-corrected chi connectivity index (χ4v) is 3.34. The van der Waals surface area contributed by atoms with E-state index in [-0.39, 0.29) is 0 Å². The summed E-state index contributed by atoms with van der Waals surface area (Å²) in [6, 6.07) is 8.02. The summed E-state index contributed by atoms with van der Waals surface area (Å²) in [5.41, 5.74) is 9.13. The summed E-state index contributed by atoms with van der Waals surface area (Å²) in [6.07, 6.45) is 0. The first-order chi connectivity index (χ1) is 8.61. The minimum Gasteiger partial charge on any atom is -0.370 e. The quantitative estimate of drug-likeness (QED) is 0.897. The highest BCUT2D eigenvalue weighted by Gasteiger charge is 2.10. The number of benzene rings is 1. The van der Waals surface area contributed by atoms with Gasteiger partial charge >= 0.3 is 0 Å². The first kappa shape index (κ1) is 13.9. The Labute approximate surface area is 124 Å². The minimum atomic E-state index is 0.451. The van der Waals surface area contributed by atoms with Crippen LogP contribution in [0.5, 0.6) is 0 Å². The van der Waals surface area contributed by atoms with E-state index in [2.05, 4.69) is 45.4 Å². The molecule has 0 atom stereocenters. The maximum absolute atomic E-state index is 6.17. The molecule has 0 amide bonds.